The third-order valence-corrected chi connectivity index (χ3v) is 6.95. The summed E-state index contributed by atoms with van der Waals surface area (Å²) in [5.41, 5.74) is 0.746. The predicted octanol–water partition coefficient (Wildman–Crippen LogP) is 3.27. The number of aromatic nitrogens is 3. The van der Waals surface area contributed by atoms with E-state index < -0.39 is 22.4 Å². The maximum absolute atomic E-state index is 13.6. The van der Waals surface area contributed by atoms with Crippen LogP contribution < -0.4 is 11.0 Å². The van der Waals surface area contributed by atoms with Crippen molar-refractivity contribution in [1.29, 1.82) is 0 Å². The van der Waals surface area contributed by atoms with Crippen LogP contribution in [0.5, 0.6) is 0 Å². The Balaban J connectivity index is 1.88. The Labute approximate surface area is 227 Å². The number of hydrogen-bond donors (Lipinski definition) is 0. The molecule has 0 N–H and O–H groups in total. The molecule has 206 valence electrons. The molecule has 1 aromatic carbocycles. The van der Waals surface area contributed by atoms with Crippen molar-refractivity contribution in [3.8, 4) is 0 Å². The van der Waals surface area contributed by atoms with E-state index in [0.717, 1.165) is 18.4 Å². The highest BCUT2D eigenvalue weighted by Gasteiger charge is 2.25. The van der Waals surface area contributed by atoms with Crippen molar-refractivity contribution in [2.75, 3.05) is 13.2 Å². The van der Waals surface area contributed by atoms with Crippen LogP contribution in [0.3, 0.4) is 0 Å². The highest BCUT2D eigenvalue weighted by Crippen LogP contribution is 2.22. The average Bonchev–Trinajstić information content (AvgIpc) is 3.44. The molecule has 0 saturated carbocycles. The van der Waals surface area contributed by atoms with Crippen LogP contribution in [-0.2, 0) is 16.0 Å². The standard InChI is InChI=1S/C28H27N5O7/c1-4-39-28(36)21-14-20-24(29-23-16(2)8-6-12-31(23)27(20)35)32(15-18-9-7-13-40-18)25(21)30-26(34)19-10-5-11-22(17(19)3)33(37)38/h5-6,8,10-12,14,18H,4,7,9,13,15H2,1-3H3/t18-/m1/s1. The molecule has 12 heteroatoms. The predicted molar refractivity (Wildman–Crippen MR) is 144 cm³/mol. The van der Waals surface area contributed by atoms with E-state index in [1.54, 1.807) is 23.8 Å². The number of nitro benzene ring substituents is 1. The zero-order chi connectivity index (χ0) is 28.6. The molecule has 4 heterocycles. The molecule has 0 bridgehead atoms. The first-order valence-electron chi connectivity index (χ1n) is 12.9. The number of fused-ring (bicyclic) bond motifs is 2. The molecular formula is C28H27N5O7. The largest absolute Gasteiger partial charge is 0.462 e. The maximum Gasteiger partial charge on any atom is 0.341 e. The lowest BCUT2D eigenvalue weighted by Crippen LogP contribution is -2.35. The topological polar surface area (TPSA) is 147 Å². The van der Waals surface area contributed by atoms with Crippen molar-refractivity contribution in [2.45, 2.75) is 46.3 Å². The van der Waals surface area contributed by atoms with Gasteiger partial charge in [-0.3, -0.25) is 24.1 Å². The maximum atomic E-state index is 13.6. The van der Waals surface area contributed by atoms with Crippen molar-refractivity contribution in [1.82, 2.24) is 14.0 Å². The van der Waals surface area contributed by atoms with Gasteiger partial charge in [0.15, 0.2) is 5.49 Å². The Morgan fingerprint density at radius 2 is 2.00 bits per heavy atom. The summed E-state index contributed by atoms with van der Waals surface area (Å²) in [6.07, 6.45) is 2.88. The van der Waals surface area contributed by atoms with Crippen LogP contribution >= 0.6 is 0 Å². The van der Waals surface area contributed by atoms with Crippen LogP contribution in [0.4, 0.5) is 5.69 Å². The third kappa shape index (κ3) is 4.77. The number of pyridine rings is 2. The molecule has 40 heavy (non-hydrogen) atoms. The zero-order valence-electron chi connectivity index (χ0n) is 22.2. The van der Waals surface area contributed by atoms with Crippen molar-refractivity contribution in [3.63, 3.8) is 0 Å². The minimum atomic E-state index is -0.791. The third-order valence-electron chi connectivity index (χ3n) is 6.95. The van der Waals surface area contributed by atoms with E-state index in [-0.39, 0.29) is 58.2 Å². The van der Waals surface area contributed by atoms with Gasteiger partial charge in [-0.15, -0.1) is 0 Å². The molecule has 0 radical (unpaired) electrons. The summed E-state index contributed by atoms with van der Waals surface area (Å²) in [5, 5.41) is 11.6. The van der Waals surface area contributed by atoms with Crippen molar-refractivity contribution >= 4 is 34.2 Å². The van der Waals surface area contributed by atoms with Crippen molar-refractivity contribution in [2.24, 2.45) is 4.99 Å². The van der Waals surface area contributed by atoms with Crippen LogP contribution in [-0.4, -0.2) is 50.1 Å². The molecule has 0 unspecified atom stereocenters. The van der Waals surface area contributed by atoms with Crippen LogP contribution in [0.1, 0.15) is 51.6 Å². The fraction of sp³-hybridized carbons (Fsp3) is 0.321. The molecule has 1 amide bonds. The highest BCUT2D eigenvalue weighted by atomic mass is 16.6. The number of carbonyl (C=O) groups is 2. The van der Waals surface area contributed by atoms with Gasteiger partial charge in [0.1, 0.15) is 16.9 Å². The summed E-state index contributed by atoms with van der Waals surface area (Å²) in [4.78, 5) is 60.4. The van der Waals surface area contributed by atoms with Gasteiger partial charge in [0.25, 0.3) is 17.2 Å². The molecule has 0 spiro atoms. The minimum Gasteiger partial charge on any atom is -0.462 e. The smallest absolute Gasteiger partial charge is 0.341 e. The Kier molecular flexibility index (Phi) is 7.26. The normalized spacial score (nSPS) is 15.6. The number of benzene rings is 1. The number of carbonyl (C=O) groups excluding carboxylic acids is 2. The molecule has 1 aliphatic heterocycles. The summed E-state index contributed by atoms with van der Waals surface area (Å²) in [6.45, 7) is 5.69. The summed E-state index contributed by atoms with van der Waals surface area (Å²) in [6, 6.07) is 9.03. The first kappa shape index (κ1) is 26.9. The van der Waals surface area contributed by atoms with Crippen LogP contribution in [0.2, 0.25) is 0 Å². The number of rotatable bonds is 6. The quantitative estimate of drug-likeness (QED) is 0.155. The fourth-order valence-electron chi connectivity index (χ4n) is 4.94. The van der Waals surface area contributed by atoms with E-state index in [0.29, 0.717) is 12.3 Å². The number of hydrogen-bond acceptors (Lipinski definition) is 8. The van der Waals surface area contributed by atoms with Gasteiger partial charge >= 0.3 is 5.97 Å². The number of nitro groups is 1. The molecule has 1 atom stereocenters. The van der Waals surface area contributed by atoms with Gasteiger partial charge in [-0.05, 0) is 57.4 Å². The van der Waals surface area contributed by atoms with E-state index in [9.17, 15) is 24.5 Å². The number of esters is 1. The molecule has 1 fully saturated rings. The fourth-order valence-corrected chi connectivity index (χ4v) is 4.94. The van der Waals surface area contributed by atoms with Gasteiger partial charge in [-0.2, -0.15) is 4.99 Å². The summed E-state index contributed by atoms with van der Waals surface area (Å²) in [7, 11) is 0. The molecular weight excluding hydrogens is 518 g/mol. The molecule has 1 saturated heterocycles. The van der Waals surface area contributed by atoms with Gasteiger partial charge in [0.05, 0.1) is 35.1 Å². The molecule has 12 nitrogen and oxygen atoms in total. The monoisotopic (exact) mass is 545 g/mol. The molecule has 5 rings (SSSR count). The molecule has 3 aromatic heterocycles. The van der Waals surface area contributed by atoms with E-state index in [1.165, 1.54) is 35.6 Å². The molecule has 4 aromatic rings. The SMILES string of the molecule is CCOC(=O)c1cc2c(=O)n3cccc(C)c3nc2n(C[C@H]2CCCO2)c1=NC(=O)c1cccc([N+](=O)[O-])c1C. The van der Waals surface area contributed by atoms with E-state index in [2.05, 4.69) is 4.99 Å². The Bertz CT molecular complexity index is 1820. The summed E-state index contributed by atoms with van der Waals surface area (Å²) >= 11 is 0. The van der Waals surface area contributed by atoms with Gasteiger partial charge in [-0.25, -0.2) is 9.78 Å². The Morgan fingerprint density at radius 1 is 1.20 bits per heavy atom. The zero-order valence-corrected chi connectivity index (χ0v) is 22.2. The lowest BCUT2D eigenvalue weighted by molar-refractivity contribution is -0.385. The number of nitrogens with zero attached hydrogens (tertiary/aromatic N) is 5. The Morgan fingerprint density at radius 3 is 2.70 bits per heavy atom. The van der Waals surface area contributed by atoms with E-state index >= 15 is 0 Å². The Hall–Kier alpha value is -4.71. The first-order chi connectivity index (χ1) is 19.2. The molecule has 0 aliphatic carbocycles. The second-order valence-electron chi connectivity index (χ2n) is 9.51. The lowest BCUT2D eigenvalue weighted by atomic mass is 10.1. The number of amides is 1. The first-order valence-corrected chi connectivity index (χ1v) is 12.9. The highest BCUT2D eigenvalue weighted by molar-refractivity contribution is 5.98. The minimum absolute atomic E-state index is 0.00940. The number of aryl methyl sites for hydroxylation is 1. The van der Waals surface area contributed by atoms with Crippen molar-refractivity contribution < 1.29 is 24.0 Å². The number of ether oxygens (including phenoxy) is 2. The average molecular weight is 546 g/mol. The van der Waals surface area contributed by atoms with E-state index in [1.807, 2.05) is 13.0 Å². The van der Waals surface area contributed by atoms with Gasteiger partial charge in [-0.1, -0.05) is 12.1 Å². The van der Waals surface area contributed by atoms with Gasteiger partial charge in [0.2, 0.25) is 0 Å². The van der Waals surface area contributed by atoms with Gasteiger partial charge in [0, 0.05) is 24.4 Å². The summed E-state index contributed by atoms with van der Waals surface area (Å²) < 4.78 is 14.1. The van der Waals surface area contributed by atoms with Crippen LogP contribution in [0, 0.1) is 24.0 Å². The van der Waals surface area contributed by atoms with E-state index in [4.69, 9.17) is 14.5 Å². The molecule has 1 aliphatic rings. The van der Waals surface area contributed by atoms with Gasteiger partial charge < -0.3 is 14.0 Å². The second-order valence-corrected chi connectivity index (χ2v) is 9.51. The lowest BCUT2D eigenvalue weighted by Gasteiger charge is -2.18. The second kappa shape index (κ2) is 10.8. The summed E-state index contributed by atoms with van der Waals surface area (Å²) in [5.74, 6) is -1.57. The van der Waals surface area contributed by atoms with Crippen molar-refractivity contribution in [3.05, 3.63) is 90.8 Å². The van der Waals surface area contributed by atoms with Crippen LogP contribution in [0.15, 0.2) is 52.4 Å². The van der Waals surface area contributed by atoms with Crippen LogP contribution in [0.25, 0.3) is 16.7 Å².